The maximum atomic E-state index is 9.91. The van der Waals surface area contributed by atoms with Crippen molar-refractivity contribution in [2.45, 2.75) is 38.7 Å². The van der Waals surface area contributed by atoms with Gasteiger partial charge in [-0.05, 0) is 31.9 Å². The zero-order chi connectivity index (χ0) is 12.8. The standard InChI is InChI=1S/C14H23N3O/c1-2-15-13-8-5-9-14(17-13)16-10-11-6-3-4-7-12(11)18/h5,8-9,11-12,18H,2-4,6-7,10H2,1H3,(H2,15,16,17). The normalized spacial score (nSPS) is 23.7. The van der Waals surface area contributed by atoms with Gasteiger partial charge >= 0.3 is 0 Å². The molecule has 0 aliphatic heterocycles. The number of hydrogen-bond acceptors (Lipinski definition) is 4. The summed E-state index contributed by atoms with van der Waals surface area (Å²) < 4.78 is 0. The zero-order valence-corrected chi connectivity index (χ0v) is 11.0. The molecule has 0 radical (unpaired) electrons. The molecule has 0 amide bonds. The fourth-order valence-corrected chi connectivity index (χ4v) is 2.47. The van der Waals surface area contributed by atoms with Crippen molar-refractivity contribution in [3.8, 4) is 0 Å². The first kappa shape index (κ1) is 13.1. The Bertz CT molecular complexity index is 370. The summed E-state index contributed by atoms with van der Waals surface area (Å²) in [6.45, 7) is 3.74. The van der Waals surface area contributed by atoms with E-state index < -0.39 is 0 Å². The highest BCUT2D eigenvalue weighted by molar-refractivity contribution is 5.44. The van der Waals surface area contributed by atoms with Crippen LogP contribution in [0.15, 0.2) is 18.2 Å². The van der Waals surface area contributed by atoms with Crippen molar-refractivity contribution in [2.24, 2.45) is 5.92 Å². The summed E-state index contributed by atoms with van der Waals surface area (Å²) in [6.07, 6.45) is 4.29. The highest BCUT2D eigenvalue weighted by atomic mass is 16.3. The van der Waals surface area contributed by atoms with Gasteiger partial charge < -0.3 is 15.7 Å². The van der Waals surface area contributed by atoms with Crippen molar-refractivity contribution >= 4 is 11.6 Å². The minimum Gasteiger partial charge on any atom is -0.393 e. The van der Waals surface area contributed by atoms with Gasteiger partial charge in [0.2, 0.25) is 0 Å². The molecule has 0 aromatic carbocycles. The number of nitrogens with zero attached hydrogens (tertiary/aromatic N) is 1. The summed E-state index contributed by atoms with van der Waals surface area (Å²) in [5, 5.41) is 16.4. The van der Waals surface area contributed by atoms with Crippen LogP contribution in [-0.2, 0) is 0 Å². The number of aromatic nitrogens is 1. The fraction of sp³-hybridized carbons (Fsp3) is 0.643. The summed E-state index contributed by atoms with van der Waals surface area (Å²) in [6, 6.07) is 5.92. The van der Waals surface area contributed by atoms with Crippen LogP contribution >= 0.6 is 0 Å². The number of rotatable bonds is 5. The first-order valence-electron chi connectivity index (χ1n) is 6.92. The molecule has 1 aromatic rings. The lowest BCUT2D eigenvalue weighted by Gasteiger charge is -2.27. The van der Waals surface area contributed by atoms with Crippen molar-refractivity contribution < 1.29 is 5.11 Å². The van der Waals surface area contributed by atoms with E-state index in [0.29, 0.717) is 5.92 Å². The molecule has 0 saturated heterocycles. The predicted octanol–water partition coefficient (Wildman–Crippen LogP) is 2.48. The van der Waals surface area contributed by atoms with Crippen molar-refractivity contribution in [1.29, 1.82) is 0 Å². The van der Waals surface area contributed by atoms with Crippen molar-refractivity contribution in [1.82, 2.24) is 4.98 Å². The number of aliphatic hydroxyl groups excluding tert-OH is 1. The minimum atomic E-state index is -0.150. The molecule has 0 spiro atoms. The van der Waals surface area contributed by atoms with E-state index in [9.17, 15) is 5.11 Å². The highest BCUT2D eigenvalue weighted by Gasteiger charge is 2.22. The second-order valence-electron chi connectivity index (χ2n) is 4.93. The number of aliphatic hydroxyl groups is 1. The minimum absolute atomic E-state index is 0.150. The Morgan fingerprint density at radius 1 is 1.22 bits per heavy atom. The first-order valence-corrected chi connectivity index (χ1v) is 6.92. The zero-order valence-electron chi connectivity index (χ0n) is 11.0. The van der Waals surface area contributed by atoms with Crippen LogP contribution in [0.1, 0.15) is 32.6 Å². The third kappa shape index (κ3) is 3.60. The van der Waals surface area contributed by atoms with Gasteiger partial charge in [-0.2, -0.15) is 0 Å². The van der Waals surface area contributed by atoms with Crippen molar-refractivity contribution in [3.63, 3.8) is 0 Å². The summed E-state index contributed by atoms with van der Waals surface area (Å²) in [5.41, 5.74) is 0. The molecule has 4 heteroatoms. The van der Waals surface area contributed by atoms with Crippen LogP contribution in [0, 0.1) is 5.92 Å². The lowest BCUT2D eigenvalue weighted by atomic mass is 9.86. The van der Waals surface area contributed by atoms with Gasteiger partial charge in [0.15, 0.2) is 0 Å². The topological polar surface area (TPSA) is 57.2 Å². The van der Waals surface area contributed by atoms with Gasteiger partial charge in [0.05, 0.1) is 6.10 Å². The van der Waals surface area contributed by atoms with E-state index in [4.69, 9.17) is 0 Å². The van der Waals surface area contributed by atoms with Crippen LogP contribution in [0.5, 0.6) is 0 Å². The second kappa shape index (κ2) is 6.59. The molecular weight excluding hydrogens is 226 g/mol. The largest absolute Gasteiger partial charge is 0.393 e. The molecule has 1 aromatic heterocycles. The summed E-state index contributed by atoms with van der Waals surface area (Å²) in [7, 11) is 0. The number of pyridine rings is 1. The van der Waals surface area contributed by atoms with Gasteiger partial charge in [-0.15, -0.1) is 0 Å². The first-order chi connectivity index (χ1) is 8.79. The molecule has 2 atom stereocenters. The number of hydrogen-bond donors (Lipinski definition) is 3. The molecule has 1 aliphatic carbocycles. The number of anilines is 2. The molecule has 2 unspecified atom stereocenters. The molecule has 3 N–H and O–H groups in total. The average molecular weight is 249 g/mol. The maximum Gasteiger partial charge on any atom is 0.128 e. The Labute approximate surface area is 109 Å². The molecule has 1 saturated carbocycles. The molecule has 2 rings (SSSR count). The van der Waals surface area contributed by atoms with Gasteiger partial charge in [0.25, 0.3) is 0 Å². The summed E-state index contributed by atoms with van der Waals surface area (Å²) >= 11 is 0. The predicted molar refractivity (Wildman–Crippen MR) is 74.9 cm³/mol. The van der Waals surface area contributed by atoms with E-state index in [2.05, 4.69) is 22.5 Å². The smallest absolute Gasteiger partial charge is 0.128 e. The van der Waals surface area contributed by atoms with Gasteiger partial charge in [0.1, 0.15) is 11.6 Å². The monoisotopic (exact) mass is 249 g/mol. The van der Waals surface area contributed by atoms with E-state index >= 15 is 0 Å². The lowest BCUT2D eigenvalue weighted by Crippen LogP contribution is -2.30. The van der Waals surface area contributed by atoms with Gasteiger partial charge in [-0.25, -0.2) is 4.98 Å². The van der Waals surface area contributed by atoms with Crippen molar-refractivity contribution in [2.75, 3.05) is 23.7 Å². The Kier molecular flexibility index (Phi) is 4.81. The van der Waals surface area contributed by atoms with Crippen LogP contribution in [-0.4, -0.2) is 29.3 Å². The quantitative estimate of drug-likeness (QED) is 0.750. The second-order valence-corrected chi connectivity index (χ2v) is 4.93. The molecule has 1 heterocycles. The highest BCUT2D eigenvalue weighted by Crippen LogP contribution is 2.24. The van der Waals surface area contributed by atoms with E-state index in [1.807, 2.05) is 18.2 Å². The molecule has 4 nitrogen and oxygen atoms in total. The van der Waals surface area contributed by atoms with E-state index in [1.54, 1.807) is 0 Å². The van der Waals surface area contributed by atoms with Crippen LogP contribution in [0.2, 0.25) is 0 Å². The SMILES string of the molecule is CCNc1cccc(NCC2CCCCC2O)n1. The molecular formula is C14H23N3O. The lowest BCUT2D eigenvalue weighted by molar-refractivity contribution is 0.0763. The average Bonchev–Trinajstić information content (AvgIpc) is 2.39. The van der Waals surface area contributed by atoms with E-state index in [1.165, 1.54) is 6.42 Å². The third-order valence-electron chi connectivity index (χ3n) is 3.52. The molecule has 0 bridgehead atoms. The van der Waals surface area contributed by atoms with Gasteiger partial charge in [-0.3, -0.25) is 0 Å². The summed E-state index contributed by atoms with van der Waals surface area (Å²) in [4.78, 5) is 4.47. The molecule has 1 fully saturated rings. The third-order valence-corrected chi connectivity index (χ3v) is 3.52. The fourth-order valence-electron chi connectivity index (χ4n) is 2.47. The van der Waals surface area contributed by atoms with Gasteiger partial charge in [0, 0.05) is 19.0 Å². The molecule has 1 aliphatic rings. The summed E-state index contributed by atoms with van der Waals surface area (Å²) in [5.74, 6) is 2.14. The molecule has 100 valence electrons. The number of nitrogens with one attached hydrogen (secondary N) is 2. The van der Waals surface area contributed by atoms with E-state index in [0.717, 1.165) is 44.0 Å². The Morgan fingerprint density at radius 2 is 1.94 bits per heavy atom. The van der Waals surface area contributed by atoms with Crippen LogP contribution in [0.4, 0.5) is 11.6 Å². The Morgan fingerprint density at radius 3 is 2.67 bits per heavy atom. The Balaban J connectivity index is 1.87. The van der Waals surface area contributed by atoms with E-state index in [-0.39, 0.29) is 6.10 Å². The van der Waals surface area contributed by atoms with Crippen molar-refractivity contribution in [3.05, 3.63) is 18.2 Å². The van der Waals surface area contributed by atoms with Crippen LogP contribution in [0.25, 0.3) is 0 Å². The van der Waals surface area contributed by atoms with Gasteiger partial charge in [-0.1, -0.05) is 18.9 Å². The van der Waals surface area contributed by atoms with Crippen LogP contribution < -0.4 is 10.6 Å². The molecule has 18 heavy (non-hydrogen) atoms. The van der Waals surface area contributed by atoms with Crippen LogP contribution in [0.3, 0.4) is 0 Å². The Hall–Kier alpha value is -1.29. The maximum absolute atomic E-state index is 9.91.